The minimum absolute atomic E-state index is 0.0193. The largest absolute Gasteiger partial charge is 0.477 e. The van der Waals surface area contributed by atoms with Crippen LogP contribution in [0, 0.1) is 5.92 Å². The topological polar surface area (TPSA) is 92.7 Å². The van der Waals surface area contributed by atoms with Crippen molar-refractivity contribution in [2.45, 2.75) is 24.3 Å². The molecule has 6 nitrogen and oxygen atoms in total. The summed E-state index contributed by atoms with van der Waals surface area (Å²) in [5, 5.41) is 8.90. The molecule has 0 amide bonds. The second-order valence-corrected chi connectivity index (χ2v) is 8.64. The molecule has 1 aliphatic heterocycles. The minimum atomic E-state index is -3.75. The fourth-order valence-corrected chi connectivity index (χ4v) is 5.71. The molecular weight excluding hydrogens is 370 g/mol. The first-order valence-corrected chi connectivity index (χ1v) is 9.03. The van der Waals surface area contributed by atoms with E-state index in [4.69, 9.17) is 9.84 Å². The molecule has 1 aliphatic rings. The normalized spacial score (nSPS) is 21.0. The summed E-state index contributed by atoms with van der Waals surface area (Å²) in [4.78, 5) is 10.8. The van der Waals surface area contributed by atoms with Crippen LogP contribution in [-0.4, -0.2) is 38.7 Å². The number of hydrogen-bond acceptors (Lipinski definition) is 5. The molecule has 9 heteroatoms. The van der Waals surface area contributed by atoms with Gasteiger partial charge in [0.15, 0.2) is 0 Å². The summed E-state index contributed by atoms with van der Waals surface area (Å²) in [5.74, 6) is -1.00. The Labute approximate surface area is 129 Å². The lowest BCUT2D eigenvalue weighted by Crippen LogP contribution is -2.38. The fourth-order valence-electron chi connectivity index (χ4n) is 1.99. The number of ether oxygens (including phenoxy) is 1. The highest BCUT2D eigenvalue weighted by molar-refractivity contribution is 9.11. The summed E-state index contributed by atoms with van der Waals surface area (Å²) in [6.07, 6.45) is 0.814. The van der Waals surface area contributed by atoms with Gasteiger partial charge in [0.25, 0.3) is 0 Å². The average molecular weight is 384 g/mol. The highest BCUT2D eigenvalue weighted by Gasteiger charge is 2.29. The molecule has 0 saturated carbocycles. The summed E-state index contributed by atoms with van der Waals surface area (Å²) in [5.41, 5.74) is 0. The van der Waals surface area contributed by atoms with Crippen molar-refractivity contribution < 1.29 is 23.1 Å². The molecule has 1 aromatic heterocycles. The number of carboxylic acid groups (broad SMARTS) is 1. The molecule has 0 radical (unpaired) electrons. The predicted molar refractivity (Wildman–Crippen MR) is 77.7 cm³/mol. The van der Waals surface area contributed by atoms with E-state index in [2.05, 4.69) is 20.7 Å². The summed E-state index contributed by atoms with van der Waals surface area (Å²) in [6.45, 7) is 2.96. The van der Waals surface area contributed by atoms with E-state index in [1.54, 1.807) is 6.92 Å². The molecule has 0 aromatic carbocycles. The number of carbonyl (C=O) groups is 1. The van der Waals surface area contributed by atoms with E-state index >= 15 is 0 Å². The van der Waals surface area contributed by atoms with E-state index in [9.17, 15) is 13.2 Å². The van der Waals surface area contributed by atoms with Crippen LogP contribution in [0.5, 0.6) is 0 Å². The van der Waals surface area contributed by atoms with Crippen LogP contribution < -0.4 is 4.72 Å². The molecule has 1 aromatic rings. The quantitative estimate of drug-likeness (QED) is 0.809. The first kappa shape index (κ1) is 15.9. The number of aromatic carboxylic acids is 1. The van der Waals surface area contributed by atoms with Gasteiger partial charge >= 0.3 is 5.97 Å². The van der Waals surface area contributed by atoms with E-state index < -0.39 is 16.0 Å². The molecule has 1 fully saturated rings. The van der Waals surface area contributed by atoms with E-state index in [1.807, 2.05) is 0 Å². The van der Waals surface area contributed by atoms with Crippen molar-refractivity contribution in [3.63, 3.8) is 0 Å². The average Bonchev–Trinajstić information content (AvgIpc) is 2.96. The van der Waals surface area contributed by atoms with Gasteiger partial charge in [-0.1, -0.05) is 0 Å². The molecule has 20 heavy (non-hydrogen) atoms. The Kier molecular flexibility index (Phi) is 4.85. The van der Waals surface area contributed by atoms with Gasteiger partial charge in [-0.15, -0.1) is 11.3 Å². The van der Waals surface area contributed by atoms with E-state index in [0.717, 1.165) is 23.8 Å². The highest BCUT2D eigenvalue weighted by atomic mass is 79.9. The number of carboxylic acids is 1. The van der Waals surface area contributed by atoms with Crippen molar-refractivity contribution in [2.24, 2.45) is 5.92 Å². The smallest absolute Gasteiger partial charge is 0.345 e. The van der Waals surface area contributed by atoms with Crippen LogP contribution in [0.1, 0.15) is 23.0 Å². The molecule has 1 saturated heterocycles. The van der Waals surface area contributed by atoms with Crippen LogP contribution >= 0.6 is 27.3 Å². The third-order valence-corrected chi connectivity index (χ3v) is 6.97. The Morgan fingerprint density at radius 3 is 2.85 bits per heavy atom. The maximum Gasteiger partial charge on any atom is 0.345 e. The van der Waals surface area contributed by atoms with Gasteiger partial charge in [0, 0.05) is 18.6 Å². The number of nitrogens with one attached hydrogen (secondary N) is 1. The van der Waals surface area contributed by atoms with Gasteiger partial charge in [-0.2, -0.15) is 0 Å². The maximum atomic E-state index is 12.3. The number of sulfonamides is 1. The number of thiophene rings is 1. The van der Waals surface area contributed by atoms with Crippen molar-refractivity contribution >= 4 is 43.3 Å². The van der Waals surface area contributed by atoms with Gasteiger partial charge in [-0.25, -0.2) is 17.9 Å². The Morgan fingerprint density at radius 1 is 1.65 bits per heavy atom. The molecular formula is C11H14BrNO5S2. The van der Waals surface area contributed by atoms with Gasteiger partial charge < -0.3 is 9.84 Å². The zero-order chi connectivity index (χ0) is 14.9. The van der Waals surface area contributed by atoms with Gasteiger partial charge in [0.05, 0.1) is 10.4 Å². The van der Waals surface area contributed by atoms with Crippen molar-refractivity contribution in [3.05, 3.63) is 14.7 Å². The first-order valence-electron chi connectivity index (χ1n) is 5.94. The van der Waals surface area contributed by atoms with Crippen molar-refractivity contribution in [3.8, 4) is 0 Å². The lowest BCUT2D eigenvalue weighted by molar-refractivity contribution is 0.0702. The Morgan fingerprint density at radius 2 is 2.35 bits per heavy atom. The van der Waals surface area contributed by atoms with Crippen LogP contribution in [-0.2, 0) is 14.8 Å². The summed E-state index contributed by atoms with van der Waals surface area (Å²) in [6, 6.07) is 0.902. The standard InChI is InChI=1S/C11H14BrNO5S2/c1-6(7-2-3-18-5-7)13-20(16,17)9-4-8(11(14)15)19-10(9)12/h4,6-7,13H,2-3,5H2,1H3,(H,14,15). The molecule has 0 bridgehead atoms. The lowest BCUT2D eigenvalue weighted by Gasteiger charge is -2.18. The number of halogens is 1. The Bertz CT molecular complexity index is 606. The van der Waals surface area contributed by atoms with Crippen LogP contribution in [0.3, 0.4) is 0 Å². The Hall–Kier alpha value is -0.480. The van der Waals surface area contributed by atoms with Gasteiger partial charge in [0.2, 0.25) is 10.0 Å². The second-order valence-electron chi connectivity index (χ2n) is 4.59. The van der Waals surface area contributed by atoms with Gasteiger partial charge in [-0.05, 0) is 35.3 Å². The van der Waals surface area contributed by atoms with E-state index in [1.165, 1.54) is 0 Å². The lowest BCUT2D eigenvalue weighted by atomic mass is 10.0. The molecule has 0 spiro atoms. The predicted octanol–water partition coefficient (Wildman–Crippen LogP) is 1.91. The fraction of sp³-hybridized carbons (Fsp3) is 0.545. The molecule has 112 valence electrons. The van der Waals surface area contributed by atoms with E-state index in [0.29, 0.717) is 13.2 Å². The zero-order valence-electron chi connectivity index (χ0n) is 10.6. The van der Waals surface area contributed by atoms with Gasteiger partial charge in [0.1, 0.15) is 9.77 Å². The zero-order valence-corrected chi connectivity index (χ0v) is 13.8. The second kappa shape index (κ2) is 6.10. The van der Waals surface area contributed by atoms with Crippen molar-refractivity contribution in [1.82, 2.24) is 4.72 Å². The van der Waals surface area contributed by atoms with Gasteiger partial charge in [-0.3, -0.25) is 0 Å². The summed E-state index contributed by atoms with van der Waals surface area (Å²) < 4.78 is 32.7. The van der Waals surface area contributed by atoms with E-state index in [-0.39, 0.29) is 25.5 Å². The molecule has 2 heterocycles. The monoisotopic (exact) mass is 383 g/mol. The molecule has 2 rings (SSSR count). The van der Waals surface area contributed by atoms with Crippen LogP contribution in [0.25, 0.3) is 0 Å². The third kappa shape index (κ3) is 3.40. The molecule has 2 atom stereocenters. The first-order chi connectivity index (χ1) is 9.31. The minimum Gasteiger partial charge on any atom is -0.477 e. The summed E-state index contributed by atoms with van der Waals surface area (Å²) in [7, 11) is -3.75. The molecule has 2 unspecified atom stereocenters. The van der Waals surface area contributed by atoms with Crippen LogP contribution in [0.4, 0.5) is 0 Å². The number of hydrogen-bond donors (Lipinski definition) is 2. The summed E-state index contributed by atoms with van der Waals surface area (Å²) >= 11 is 3.99. The van der Waals surface area contributed by atoms with Crippen LogP contribution in [0.15, 0.2) is 14.7 Å². The third-order valence-electron chi connectivity index (χ3n) is 3.17. The maximum absolute atomic E-state index is 12.3. The van der Waals surface area contributed by atoms with Crippen molar-refractivity contribution in [2.75, 3.05) is 13.2 Å². The van der Waals surface area contributed by atoms with Crippen molar-refractivity contribution in [1.29, 1.82) is 0 Å². The Balaban J connectivity index is 2.19. The van der Waals surface area contributed by atoms with Crippen LogP contribution in [0.2, 0.25) is 0 Å². The number of rotatable bonds is 5. The molecule has 2 N–H and O–H groups in total. The highest BCUT2D eigenvalue weighted by Crippen LogP contribution is 2.32. The molecule has 0 aliphatic carbocycles. The SMILES string of the molecule is CC(NS(=O)(=O)c1cc(C(=O)O)sc1Br)C1CCOC1.